The molecule has 0 aliphatic heterocycles. The summed E-state index contributed by atoms with van der Waals surface area (Å²) < 4.78 is 5.80. The first-order valence-electron chi connectivity index (χ1n) is 11.7. The van der Waals surface area contributed by atoms with Crippen LogP contribution in [0.2, 0.25) is 0 Å². The Kier molecular flexibility index (Phi) is 5.28. The molecule has 0 aliphatic carbocycles. The van der Waals surface area contributed by atoms with Crippen LogP contribution >= 0.6 is 0 Å². The normalized spacial score (nSPS) is 12.2. The summed E-state index contributed by atoms with van der Waals surface area (Å²) in [6.45, 7) is 11.2. The van der Waals surface area contributed by atoms with Gasteiger partial charge in [-0.15, -0.1) is 0 Å². The summed E-state index contributed by atoms with van der Waals surface area (Å²) in [5.41, 5.74) is 7.29. The van der Waals surface area contributed by atoms with Crippen molar-refractivity contribution in [2.45, 2.75) is 46.5 Å². The summed E-state index contributed by atoms with van der Waals surface area (Å²) >= 11 is 0. The molecule has 0 atom stereocenters. The molecule has 3 heteroatoms. The van der Waals surface area contributed by atoms with Crippen molar-refractivity contribution in [1.82, 2.24) is 9.97 Å². The molecular weight excluding hydrogens is 404 g/mol. The Morgan fingerprint density at radius 2 is 1.67 bits per heavy atom. The number of nitrogens with zero attached hydrogens (tertiary/aromatic N) is 2. The van der Waals surface area contributed by atoms with Gasteiger partial charge in [0.25, 0.3) is 0 Å². The average Bonchev–Trinajstić information content (AvgIpc) is 3.19. The standard InChI is InChI=1S/C30H30N2O/c1-19(2)14-23-18-33-29-25(23)10-11-27(32-29)21-12-13-31-28(17-21)22-15-20-8-6-7-9-24(20)26(16-22)30(3,4)5/h6-13,15-19H,14H2,1-5H3. The Morgan fingerprint density at radius 1 is 0.848 bits per heavy atom. The number of aromatic nitrogens is 2. The molecule has 2 aromatic carbocycles. The van der Waals surface area contributed by atoms with Crippen LogP contribution in [-0.2, 0) is 11.8 Å². The molecule has 0 radical (unpaired) electrons. The number of hydrogen-bond acceptors (Lipinski definition) is 3. The van der Waals surface area contributed by atoms with Gasteiger partial charge in [-0.2, -0.15) is 0 Å². The molecule has 5 rings (SSSR count). The molecular formula is C30H30N2O. The zero-order valence-electron chi connectivity index (χ0n) is 20.0. The first-order valence-corrected chi connectivity index (χ1v) is 11.7. The lowest BCUT2D eigenvalue weighted by Crippen LogP contribution is -2.12. The summed E-state index contributed by atoms with van der Waals surface area (Å²) in [5.74, 6) is 0.577. The lowest BCUT2D eigenvalue weighted by Gasteiger charge is -2.22. The van der Waals surface area contributed by atoms with E-state index in [-0.39, 0.29) is 5.41 Å². The van der Waals surface area contributed by atoms with Gasteiger partial charge >= 0.3 is 0 Å². The molecule has 3 nitrogen and oxygen atoms in total. The van der Waals surface area contributed by atoms with Crippen molar-refractivity contribution >= 4 is 21.9 Å². The fourth-order valence-corrected chi connectivity index (χ4v) is 4.55. The third-order valence-corrected chi connectivity index (χ3v) is 6.17. The van der Waals surface area contributed by atoms with E-state index < -0.39 is 0 Å². The smallest absolute Gasteiger partial charge is 0.226 e. The third-order valence-electron chi connectivity index (χ3n) is 6.17. The van der Waals surface area contributed by atoms with Crippen molar-refractivity contribution in [1.29, 1.82) is 0 Å². The van der Waals surface area contributed by atoms with Crippen LogP contribution in [0, 0.1) is 5.92 Å². The maximum Gasteiger partial charge on any atom is 0.226 e. The topological polar surface area (TPSA) is 38.9 Å². The molecule has 0 aliphatic rings. The van der Waals surface area contributed by atoms with Gasteiger partial charge in [-0.1, -0.05) is 58.9 Å². The highest BCUT2D eigenvalue weighted by Gasteiger charge is 2.19. The van der Waals surface area contributed by atoms with Crippen LogP contribution in [-0.4, -0.2) is 9.97 Å². The van der Waals surface area contributed by atoms with E-state index in [1.54, 1.807) is 0 Å². The van der Waals surface area contributed by atoms with E-state index in [1.165, 1.54) is 21.9 Å². The molecule has 33 heavy (non-hydrogen) atoms. The molecule has 5 aromatic rings. The average molecular weight is 435 g/mol. The van der Waals surface area contributed by atoms with Gasteiger partial charge < -0.3 is 4.42 Å². The molecule has 0 unspecified atom stereocenters. The molecule has 0 N–H and O–H groups in total. The van der Waals surface area contributed by atoms with E-state index in [0.717, 1.165) is 34.3 Å². The van der Waals surface area contributed by atoms with Crippen LogP contribution in [0.25, 0.3) is 44.4 Å². The molecule has 3 aromatic heterocycles. The van der Waals surface area contributed by atoms with Gasteiger partial charge in [0.2, 0.25) is 5.71 Å². The molecule has 0 bridgehead atoms. The van der Waals surface area contributed by atoms with Crippen LogP contribution < -0.4 is 0 Å². The van der Waals surface area contributed by atoms with Gasteiger partial charge in [-0.05, 0) is 70.5 Å². The lowest BCUT2D eigenvalue weighted by molar-refractivity contribution is 0.585. The number of benzene rings is 2. The summed E-state index contributed by atoms with van der Waals surface area (Å²) in [5, 5.41) is 3.64. The largest absolute Gasteiger partial charge is 0.446 e. The SMILES string of the molecule is CC(C)Cc1coc2nc(-c3ccnc(-c4cc(C(C)(C)C)c5ccccc5c4)c3)ccc12. The van der Waals surface area contributed by atoms with Crippen molar-refractivity contribution in [3.05, 3.63) is 84.3 Å². The predicted octanol–water partition coefficient (Wildman–Crippen LogP) is 8.21. The van der Waals surface area contributed by atoms with Gasteiger partial charge in [-0.3, -0.25) is 4.98 Å². The Bertz CT molecular complexity index is 1450. The Morgan fingerprint density at radius 3 is 2.45 bits per heavy atom. The molecule has 0 amide bonds. The molecule has 3 heterocycles. The minimum absolute atomic E-state index is 0.0345. The highest BCUT2D eigenvalue weighted by Crippen LogP contribution is 2.35. The van der Waals surface area contributed by atoms with Crippen molar-refractivity contribution in [2.24, 2.45) is 5.92 Å². The lowest BCUT2D eigenvalue weighted by atomic mass is 9.82. The minimum Gasteiger partial charge on any atom is -0.446 e. The van der Waals surface area contributed by atoms with E-state index in [1.807, 2.05) is 18.5 Å². The Hall–Kier alpha value is -3.46. The van der Waals surface area contributed by atoms with Crippen LogP contribution in [0.3, 0.4) is 0 Å². The van der Waals surface area contributed by atoms with Gasteiger partial charge in [0.05, 0.1) is 17.7 Å². The van der Waals surface area contributed by atoms with E-state index >= 15 is 0 Å². The fourth-order valence-electron chi connectivity index (χ4n) is 4.55. The van der Waals surface area contributed by atoms with E-state index in [0.29, 0.717) is 11.6 Å². The van der Waals surface area contributed by atoms with E-state index in [2.05, 4.69) is 89.2 Å². The van der Waals surface area contributed by atoms with Gasteiger partial charge in [0.15, 0.2) is 0 Å². The highest BCUT2D eigenvalue weighted by molar-refractivity contribution is 5.91. The number of hydrogen-bond donors (Lipinski definition) is 0. The first kappa shape index (κ1) is 21.4. The highest BCUT2D eigenvalue weighted by atomic mass is 16.3. The Labute approximate surface area is 195 Å². The zero-order chi connectivity index (χ0) is 23.2. The van der Waals surface area contributed by atoms with Crippen LogP contribution in [0.5, 0.6) is 0 Å². The second-order valence-corrected chi connectivity index (χ2v) is 10.3. The number of rotatable bonds is 4. The van der Waals surface area contributed by atoms with Crippen molar-refractivity contribution in [3.63, 3.8) is 0 Å². The van der Waals surface area contributed by atoms with Crippen LogP contribution in [0.15, 0.2) is 77.5 Å². The molecule has 0 spiro atoms. The maximum atomic E-state index is 5.80. The zero-order valence-corrected chi connectivity index (χ0v) is 20.0. The quantitative estimate of drug-likeness (QED) is 0.286. The number of fused-ring (bicyclic) bond motifs is 2. The number of furan rings is 1. The summed E-state index contributed by atoms with van der Waals surface area (Å²) in [4.78, 5) is 9.53. The summed E-state index contributed by atoms with van der Waals surface area (Å²) in [7, 11) is 0. The van der Waals surface area contributed by atoms with Crippen molar-refractivity contribution in [2.75, 3.05) is 0 Å². The Balaban J connectivity index is 1.58. The second-order valence-electron chi connectivity index (χ2n) is 10.3. The third kappa shape index (κ3) is 4.16. The van der Waals surface area contributed by atoms with Crippen molar-refractivity contribution in [3.8, 4) is 22.5 Å². The van der Waals surface area contributed by atoms with Crippen molar-refractivity contribution < 1.29 is 4.42 Å². The molecule has 0 fully saturated rings. The monoisotopic (exact) mass is 434 g/mol. The minimum atomic E-state index is 0.0345. The van der Waals surface area contributed by atoms with Gasteiger partial charge in [0, 0.05) is 28.3 Å². The fraction of sp³-hybridized carbons (Fsp3) is 0.267. The molecule has 0 saturated carbocycles. The molecule has 0 saturated heterocycles. The van der Waals surface area contributed by atoms with Crippen LogP contribution in [0.1, 0.15) is 45.7 Å². The first-order chi connectivity index (χ1) is 15.8. The van der Waals surface area contributed by atoms with E-state index in [9.17, 15) is 0 Å². The van der Waals surface area contributed by atoms with Gasteiger partial charge in [0.1, 0.15) is 0 Å². The summed E-state index contributed by atoms with van der Waals surface area (Å²) in [6.07, 6.45) is 4.71. The summed E-state index contributed by atoms with van der Waals surface area (Å²) in [6, 6.07) is 21.5. The number of pyridine rings is 2. The second kappa shape index (κ2) is 8.15. The van der Waals surface area contributed by atoms with E-state index in [4.69, 9.17) is 14.4 Å². The maximum absolute atomic E-state index is 5.80. The van der Waals surface area contributed by atoms with Gasteiger partial charge in [-0.25, -0.2) is 4.98 Å². The van der Waals surface area contributed by atoms with Crippen LogP contribution in [0.4, 0.5) is 0 Å². The predicted molar refractivity (Wildman–Crippen MR) is 137 cm³/mol. The molecule has 166 valence electrons.